The highest BCUT2D eigenvalue weighted by Crippen LogP contribution is 2.31. The van der Waals surface area contributed by atoms with Gasteiger partial charge in [0.25, 0.3) is 5.91 Å². The highest BCUT2D eigenvalue weighted by atomic mass is 19.4. The van der Waals surface area contributed by atoms with Gasteiger partial charge >= 0.3 is 12.3 Å². The predicted octanol–water partition coefficient (Wildman–Crippen LogP) is 1.92. The number of anilines is 1. The highest BCUT2D eigenvalue weighted by Gasteiger charge is 2.35. The van der Waals surface area contributed by atoms with Crippen molar-refractivity contribution in [2.45, 2.75) is 19.7 Å². The second-order valence-electron chi connectivity index (χ2n) is 4.82. The molecule has 1 heterocycles. The fourth-order valence-corrected chi connectivity index (χ4v) is 2.05. The lowest BCUT2D eigenvalue weighted by atomic mass is 9.91. The van der Waals surface area contributed by atoms with Crippen molar-refractivity contribution in [2.75, 3.05) is 12.4 Å². The van der Waals surface area contributed by atoms with E-state index < -0.39 is 29.9 Å². The number of rotatable bonds is 4. The molecule has 130 valence electrons. The van der Waals surface area contributed by atoms with E-state index in [-0.39, 0.29) is 17.3 Å². The largest absolute Gasteiger partial charge is 0.573 e. The smallest absolute Gasteiger partial charge is 0.463 e. The van der Waals surface area contributed by atoms with Crippen molar-refractivity contribution in [1.82, 2.24) is 15.2 Å². The minimum atomic E-state index is -4.93. The maximum Gasteiger partial charge on any atom is 0.573 e. The molecular formula is C13H13F3N4O4. The first kappa shape index (κ1) is 17.5. The van der Waals surface area contributed by atoms with E-state index in [0.29, 0.717) is 6.42 Å². The standard InChI is InChI=1S/C13H13F3N4O4/c1-6-4-3-5-7(24-13(14,15)16)8(6)10(21)18-12-17-9(19-20-12)11(22)23-2/h3,5-6H,4H2,1-2H3,(H2,17,18,19,20,21). The third kappa shape index (κ3) is 4.12. The summed E-state index contributed by atoms with van der Waals surface area (Å²) in [6.45, 7) is 1.58. The van der Waals surface area contributed by atoms with Gasteiger partial charge in [-0.05, 0) is 18.4 Å². The monoisotopic (exact) mass is 346 g/mol. The van der Waals surface area contributed by atoms with Crippen LogP contribution in [0.4, 0.5) is 19.1 Å². The molecule has 2 rings (SSSR count). The van der Waals surface area contributed by atoms with Crippen molar-refractivity contribution in [2.24, 2.45) is 5.92 Å². The summed E-state index contributed by atoms with van der Waals surface area (Å²) in [5.41, 5.74) is -0.195. The second-order valence-corrected chi connectivity index (χ2v) is 4.82. The third-order valence-electron chi connectivity index (χ3n) is 3.08. The van der Waals surface area contributed by atoms with Gasteiger partial charge in [0.2, 0.25) is 11.8 Å². The molecule has 1 aliphatic rings. The molecule has 2 N–H and O–H groups in total. The van der Waals surface area contributed by atoms with Crippen LogP contribution in [0.3, 0.4) is 0 Å². The van der Waals surface area contributed by atoms with E-state index in [0.717, 1.165) is 13.2 Å². The van der Waals surface area contributed by atoms with Crippen molar-refractivity contribution < 1.29 is 32.2 Å². The van der Waals surface area contributed by atoms with Crippen LogP contribution in [-0.4, -0.2) is 40.5 Å². The van der Waals surface area contributed by atoms with Gasteiger partial charge in [-0.1, -0.05) is 13.0 Å². The number of hydrogen-bond donors (Lipinski definition) is 2. The van der Waals surface area contributed by atoms with Gasteiger partial charge in [-0.3, -0.25) is 15.2 Å². The second kappa shape index (κ2) is 6.72. The van der Waals surface area contributed by atoms with Gasteiger partial charge in [-0.25, -0.2) is 4.79 Å². The molecule has 1 unspecified atom stereocenters. The molecule has 0 aromatic carbocycles. The van der Waals surface area contributed by atoms with E-state index in [9.17, 15) is 22.8 Å². The maximum absolute atomic E-state index is 12.5. The van der Waals surface area contributed by atoms with Crippen LogP contribution in [0.1, 0.15) is 24.0 Å². The van der Waals surface area contributed by atoms with E-state index in [1.165, 1.54) is 6.08 Å². The number of esters is 1. The normalized spacial score (nSPS) is 17.6. The molecule has 1 aromatic rings. The van der Waals surface area contributed by atoms with Crippen LogP contribution in [0, 0.1) is 5.92 Å². The molecule has 0 aliphatic heterocycles. The summed E-state index contributed by atoms with van der Waals surface area (Å²) in [6, 6.07) is 0. The van der Waals surface area contributed by atoms with Crippen molar-refractivity contribution in [3.8, 4) is 0 Å². The van der Waals surface area contributed by atoms with E-state index in [1.807, 2.05) is 0 Å². The summed E-state index contributed by atoms with van der Waals surface area (Å²) in [7, 11) is 1.13. The molecule has 1 aliphatic carbocycles. The first-order valence-corrected chi connectivity index (χ1v) is 6.69. The van der Waals surface area contributed by atoms with Crippen LogP contribution in [-0.2, 0) is 14.3 Å². The van der Waals surface area contributed by atoms with Gasteiger partial charge < -0.3 is 9.47 Å². The maximum atomic E-state index is 12.5. The molecule has 0 radical (unpaired) electrons. The SMILES string of the molecule is COC(=O)c1nc(NC(=O)C2=C(OC(F)(F)F)C=CCC2C)n[nH]1. The van der Waals surface area contributed by atoms with Gasteiger partial charge in [-0.15, -0.1) is 18.3 Å². The van der Waals surface area contributed by atoms with Gasteiger partial charge in [0.15, 0.2) is 0 Å². The predicted molar refractivity (Wildman–Crippen MR) is 73.4 cm³/mol. The molecule has 1 aromatic heterocycles. The minimum Gasteiger partial charge on any atom is -0.463 e. The first-order valence-electron chi connectivity index (χ1n) is 6.69. The number of amides is 1. The number of ether oxygens (including phenoxy) is 2. The number of hydrogen-bond acceptors (Lipinski definition) is 6. The summed E-state index contributed by atoms with van der Waals surface area (Å²) in [4.78, 5) is 27.2. The van der Waals surface area contributed by atoms with Crippen molar-refractivity contribution in [3.63, 3.8) is 0 Å². The van der Waals surface area contributed by atoms with E-state index in [1.54, 1.807) is 6.92 Å². The van der Waals surface area contributed by atoms with Gasteiger partial charge in [0.1, 0.15) is 5.76 Å². The zero-order valence-corrected chi connectivity index (χ0v) is 12.6. The number of halogens is 3. The number of methoxy groups -OCH3 is 1. The van der Waals surface area contributed by atoms with Gasteiger partial charge in [-0.2, -0.15) is 4.98 Å². The summed E-state index contributed by atoms with van der Waals surface area (Å²) < 4.78 is 45.7. The van der Waals surface area contributed by atoms with E-state index in [4.69, 9.17) is 0 Å². The molecular weight excluding hydrogens is 333 g/mol. The van der Waals surface area contributed by atoms with Gasteiger partial charge in [0, 0.05) is 0 Å². The lowest BCUT2D eigenvalue weighted by Crippen LogP contribution is -2.25. The molecule has 8 nitrogen and oxygen atoms in total. The number of H-pyrrole nitrogens is 1. The molecule has 0 fully saturated rings. The summed E-state index contributed by atoms with van der Waals surface area (Å²) in [5, 5.41) is 8.02. The van der Waals surface area contributed by atoms with E-state index >= 15 is 0 Å². The number of nitrogens with one attached hydrogen (secondary N) is 2. The number of alkyl halides is 3. The first-order chi connectivity index (χ1) is 11.2. The topological polar surface area (TPSA) is 106 Å². The Morgan fingerprint density at radius 3 is 2.75 bits per heavy atom. The Morgan fingerprint density at radius 2 is 2.12 bits per heavy atom. The zero-order valence-electron chi connectivity index (χ0n) is 12.6. The fraction of sp³-hybridized carbons (Fsp3) is 0.385. The van der Waals surface area contributed by atoms with Crippen molar-refractivity contribution in [1.29, 1.82) is 0 Å². The number of nitrogens with zero attached hydrogens (tertiary/aromatic N) is 2. The van der Waals surface area contributed by atoms with Crippen LogP contribution >= 0.6 is 0 Å². The summed E-state index contributed by atoms with van der Waals surface area (Å²) >= 11 is 0. The summed E-state index contributed by atoms with van der Waals surface area (Å²) in [5.74, 6) is -3.31. The fourth-order valence-electron chi connectivity index (χ4n) is 2.05. The Balaban J connectivity index is 2.23. The third-order valence-corrected chi connectivity index (χ3v) is 3.08. The Hall–Kier alpha value is -2.85. The minimum absolute atomic E-state index is 0.195. The lowest BCUT2D eigenvalue weighted by molar-refractivity contribution is -0.303. The quantitative estimate of drug-likeness (QED) is 0.807. The molecule has 1 atom stereocenters. The molecule has 0 saturated carbocycles. The average molecular weight is 346 g/mol. The van der Waals surface area contributed by atoms with Crippen molar-refractivity contribution >= 4 is 17.8 Å². The molecule has 11 heteroatoms. The number of allylic oxidation sites excluding steroid dienone is 2. The molecule has 0 bridgehead atoms. The molecule has 0 saturated heterocycles. The average Bonchev–Trinajstić information content (AvgIpc) is 2.93. The number of carbonyl (C=O) groups excluding carboxylic acids is 2. The number of aromatic amines is 1. The zero-order chi connectivity index (χ0) is 17.9. The van der Waals surface area contributed by atoms with Gasteiger partial charge in [0.05, 0.1) is 12.7 Å². The molecule has 1 amide bonds. The highest BCUT2D eigenvalue weighted by molar-refractivity contribution is 6.04. The Labute approximate surface area is 133 Å². The van der Waals surface area contributed by atoms with Crippen LogP contribution in [0.2, 0.25) is 0 Å². The van der Waals surface area contributed by atoms with E-state index in [2.05, 4.69) is 30.0 Å². The van der Waals surface area contributed by atoms with Crippen molar-refractivity contribution in [3.05, 3.63) is 29.3 Å². The van der Waals surface area contributed by atoms with Crippen LogP contribution in [0.5, 0.6) is 0 Å². The Bertz CT molecular complexity index is 708. The lowest BCUT2D eigenvalue weighted by Gasteiger charge is -2.21. The summed E-state index contributed by atoms with van der Waals surface area (Å²) in [6.07, 6.45) is -2.00. The number of aromatic nitrogens is 3. The molecule has 24 heavy (non-hydrogen) atoms. The van der Waals surface area contributed by atoms with Crippen LogP contribution in [0.15, 0.2) is 23.5 Å². The van der Waals surface area contributed by atoms with Crippen LogP contribution < -0.4 is 5.32 Å². The Kier molecular flexibility index (Phi) is 4.90. The number of carbonyl (C=O) groups is 2. The Morgan fingerprint density at radius 1 is 1.42 bits per heavy atom. The van der Waals surface area contributed by atoms with Crippen LogP contribution in [0.25, 0.3) is 0 Å². The molecule has 0 spiro atoms.